The molecule has 0 aromatic heterocycles. The van der Waals surface area contributed by atoms with Gasteiger partial charge in [0.15, 0.2) is 11.5 Å². The topological polar surface area (TPSA) is 64.5 Å². The van der Waals surface area contributed by atoms with Crippen molar-refractivity contribution in [1.82, 2.24) is 0 Å². The van der Waals surface area contributed by atoms with Crippen molar-refractivity contribution in [2.45, 2.75) is 6.17 Å². The minimum absolute atomic E-state index is 0.132. The third-order valence-corrected chi connectivity index (χ3v) is 3.50. The fraction of sp³-hybridized carbons (Fsp3) is 0.0526. The average Bonchev–Trinajstić information content (AvgIpc) is 2.59. The summed E-state index contributed by atoms with van der Waals surface area (Å²) in [6.45, 7) is 0. The zero-order chi connectivity index (χ0) is 16.1. The summed E-state index contributed by atoms with van der Waals surface area (Å²) in [7, 11) is 0. The third kappa shape index (κ3) is 3.74. The second-order valence-corrected chi connectivity index (χ2v) is 5.20. The van der Waals surface area contributed by atoms with Gasteiger partial charge in [0.2, 0.25) is 0 Å². The number of aromatic hydroxyl groups is 2. The Labute approximate surface area is 135 Å². The first kappa shape index (κ1) is 14.8. The first-order chi connectivity index (χ1) is 11.2. The molecule has 4 heteroatoms. The number of hydrogen-bond donors (Lipinski definition) is 4. The van der Waals surface area contributed by atoms with Crippen LogP contribution in [0.4, 0.5) is 11.4 Å². The van der Waals surface area contributed by atoms with E-state index in [1.54, 1.807) is 12.1 Å². The van der Waals surface area contributed by atoms with Crippen LogP contribution in [0.1, 0.15) is 11.7 Å². The van der Waals surface area contributed by atoms with Crippen molar-refractivity contribution in [3.8, 4) is 11.5 Å². The Morgan fingerprint density at radius 2 is 1.13 bits per heavy atom. The Bertz CT molecular complexity index is 719. The predicted molar refractivity (Wildman–Crippen MR) is 92.6 cm³/mol. The van der Waals surface area contributed by atoms with Crippen molar-refractivity contribution in [3.63, 3.8) is 0 Å². The van der Waals surface area contributed by atoms with E-state index in [0.717, 1.165) is 16.9 Å². The molecule has 3 aromatic rings. The molecule has 0 heterocycles. The maximum Gasteiger partial charge on any atom is 0.157 e. The van der Waals surface area contributed by atoms with E-state index < -0.39 is 0 Å². The Balaban J connectivity index is 1.90. The van der Waals surface area contributed by atoms with Crippen molar-refractivity contribution in [2.75, 3.05) is 10.6 Å². The van der Waals surface area contributed by atoms with E-state index in [1.807, 2.05) is 60.7 Å². The van der Waals surface area contributed by atoms with Crippen molar-refractivity contribution < 1.29 is 10.2 Å². The molecular formula is C19H18N2O2. The Hall–Kier alpha value is -3.14. The van der Waals surface area contributed by atoms with Gasteiger partial charge in [-0.05, 0) is 42.0 Å². The Kier molecular flexibility index (Phi) is 4.34. The molecule has 23 heavy (non-hydrogen) atoms. The molecule has 116 valence electrons. The number of benzene rings is 3. The molecule has 0 fully saturated rings. The summed E-state index contributed by atoms with van der Waals surface area (Å²) in [5, 5.41) is 26.1. The maximum absolute atomic E-state index is 9.78. The van der Waals surface area contributed by atoms with Gasteiger partial charge in [-0.1, -0.05) is 42.5 Å². The number of hydrogen-bond acceptors (Lipinski definition) is 4. The minimum Gasteiger partial charge on any atom is -0.504 e. The Morgan fingerprint density at radius 1 is 0.609 bits per heavy atom. The molecule has 3 rings (SSSR count). The van der Waals surface area contributed by atoms with Crippen LogP contribution in [0, 0.1) is 0 Å². The molecule has 0 radical (unpaired) electrons. The average molecular weight is 306 g/mol. The van der Waals surface area contributed by atoms with E-state index in [-0.39, 0.29) is 17.7 Å². The zero-order valence-electron chi connectivity index (χ0n) is 12.5. The van der Waals surface area contributed by atoms with Gasteiger partial charge in [0.05, 0.1) is 0 Å². The van der Waals surface area contributed by atoms with E-state index in [1.165, 1.54) is 6.07 Å². The van der Waals surface area contributed by atoms with Crippen LogP contribution in [0.25, 0.3) is 0 Å². The summed E-state index contributed by atoms with van der Waals surface area (Å²) in [6.07, 6.45) is -0.258. The zero-order valence-corrected chi connectivity index (χ0v) is 12.5. The van der Waals surface area contributed by atoms with Gasteiger partial charge in [0.1, 0.15) is 6.17 Å². The normalized spacial score (nSPS) is 10.5. The summed E-state index contributed by atoms with van der Waals surface area (Å²) >= 11 is 0. The smallest absolute Gasteiger partial charge is 0.157 e. The van der Waals surface area contributed by atoms with Crippen molar-refractivity contribution >= 4 is 11.4 Å². The number of rotatable bonds is 5. The van der Waals surface area contributed by atoms with Gasteiger partial charge >= 0.3 is 0 Å². The van der Waals surface area contributed by atoms with Gasteiger partial charge in [-0.2, -0.15) is 0 Å². The highest BCUT2D eigenvalue weighted by atomic mass is 16.3. The molecule has 0 atom stereocenters. The van der Waals surface area contributed by atoms with E-state index >= 15 is 0 Å². The quantitative estimate of drug-likeness (QED) is 0.419. The number of para-hydroxylation sites is 2. The molecule has 3 aromatic carbocycles. The van der Waals surface area contributed by atoms with E-state index in [4.69, 9.17) is 0 Å². The maximum atomic E-state index is 9.78. The number of phenolic OH excluding ortho intramolecular Hbond substituents is 2. The van der Waals surface area contributed by atoms with Gasteiger partial charge in [-0.15, -0.1) is 0 Å². The summed E-state index contributed by atoms with van der Waals surface area (Å²) < 4.78 is 0. The van der Waals surface area contributed by atoms with Crippen molar-refractivity contribution in [1.29, 1.82) is 0 Å². The molecule has 0 bridgehead atoms. The number of anilines is 2. The molecule has 4 N–H and O–H groups in total. The Morgan fingerprint density at radius 3 is 1.61 bits per heavy atom. The van der Waals surface area contributed by atoms with Crippen LogP contribution in [0.5, 0.6) is 11.5 Å². The second kappa shape index (κ2) is 6.75. The first-order valence-corrected chi connectivity index (χ1v) is 7.37. The summed E-state index contributed by atoms with van der Waals surface area (Å²) in [5.41, 5.74) is 2.72. The molecular weight excluding hydrogens is 288 g/mol. The summed E-state index contributed by atoms with van der Waals surface area (Å²) in [4.78, 5) is 0. The fourth-order valence-corrected chi connectivity index (χ4v) is 2.32. The molecule has 0 aliphatic rings. The van der Waals surface area contributed by atoms with Crippen LogP contribution < -0.4 is 10.6 Å². The minimum atomic E-state index is -0.258. The van der Waals surface area contributed by atoms with Crippen LogP contribution in [-0.2, 0) is 0 Å². The molecule has 0 unspecified atom stereocenters. The van der Waals surface area contributed by atoms with Gasteiger partial charge in [0.25, 0.3) is 0 Å². The highest BCUT2D eigenvalue weighted by molar-refractivity contribution is 5.53. The lowest BCUT2D eigenvalue weighted by Gasteiger charge is -2.23. The van der Waals surface area contributed by atoms with Gasteiger partial charge in [-0.25, -0.2) is 0 Å². The van der Waals surface area contributed by atoms with E-state index in [9.17, 15) is 10.2 Å². The molecule has 0 aliphatic carbocycles. The second-order valence-electron chi connectivity index (χ2n) is 5.20. The number of nitrogens with one attached hydrogen (secondary N) is 2. The van der Waals surface area contributed by atoms with Crippen molar-refractivity contribution in [3.05, 3.63) is 84.4 Å². The van der Waals surface area contributed by atoms with Crippen LogP contribution in [0.3, 0.4) is 0 Å². The lowest BCUT2D eigenvalue weighted by atomic mass is 10.1. The molecule has 0 saturated heterocycles. The van der Waals surface area contributed by atoms with Gasteiger partial charge in [0, 0.05) is 11.4 Å². The summed E-state index contributed by atoms with van der Waals surface area (Å²) in [5.74, 6) is -0.274. The molecule has 4 nitrogen and oxygen atoms in total. The summed E-state index contributed by atoms with van der Waals surface area (Å²) in [6, 6.07) is 24.4. The van der Waals surface area contributed by atoms with Crippen LogP contribution in [0.15, 0.2) is 78.9 Å². The molecule has 0 spiro atoms. The van der Waals surface area contributed by atoms with Crippen LogP contribution in [-0.4, -0.2) is 10.2 Å². The lowest BCUT2D eigenvalue weighted by molar-refractivity contribution is 0.403. The van der Waals surface area contributed by atoms with Crippen LogP contribution in [0.2, 0.25) is 0 Å². The predicted octanol–water partition coefficient (Wildman–Crippen LogP) is 4.32. The first-order valence-electron chi connectivity index (χ1n) is 7.37. The molecule has 0 amide bonds. The standard InChI is InChI=1S/C19H18N2O2/c22-17-12-11-14(13-18(17)23)19(20-15-7-3-1-4-8-15)21-16-9-5-2-6-10-16/h1-13,19-23H. The highest BCUT2D eigenvalue weighted by Gasteiger charge is 2.13. The lowest BCUT2D eigenvalue weighted by Crippen LogP contribution is -2.19. The third-order valence-electron chi connectivity index (χ3n) is 3.50. The number of phenols is 2. The van der Waals surface area contributed by atoms with E-state index in [2.05, 4.69) is 10.6 Å². The fourth-order valence-electron chi connectivity index (χ4n) is 2.32. The largest absolute Gasteiger partial charge is 0.504 e. The van der Waals surface area contributed by atoms with E-state index in [0.29, 0.717) is 0 Å². The molecule has 0 saturated carbocycles. The molecule has 0 aliphatic heterocycles. The highest BCUT2D eigenvalue weighted by Crippen LogP contribution is 2.30. The SMILES string of the molecule is Oc1ccc(C(Nc2ccccc2)Nc2ccccc2)cc1O. The van der Waals surface area contributed by atoms with Gasteiger partial charge in [-0.3, -0.25) is 0 Å². The monoisotopic (exact) mass is 306 g/mol. The van der Waals surface area contributed by atoms with Gasteiger partial charge < -0.3 is 20.8 Å². The van der Waals surface area contributed by atoms with Crippen LogP contribution >= 0.6 is 0 Å². The van der Waals surface area contributed by atoms with Crippen molar-refractivity contribution in [2.24, 2.45) is 0 Å².